The summed E-state index contributed by atoms with van der Waals surface area (Å²) in [5, 5.41) is 2.93. The van der Waals surface area contributed by atoms with E-state index in [1.165, 1.54) is 22.9 Å². The van der Waals surface area contributed by atoms with Crippen LogP contribution in [0.5, 0.6) is 11.5 Å². The van der Waals surface area contributed by atoms with E-state index in [0.717, 1.165) is 0 Å². The van der Waals surface area contributed by atoms with Crippen molar-refractivity contribution in [1.29, 1.82) is 0 Å². The molecule has 11 nitrogen and oxygen atoms in total. The fraction of sp³-hybridized carbons (Fsp3) is 0.500. The first-order valence-corrected chi connectivity index (χ1v) is 11.5. The van der Waals surface area contributed by atoms with Crippen LogP contribution in [0.3, 0.4) is 0 Å². The topological polar surface area (TPSA) is 121 Å². The van der Waals surface area contributed by atoms with E-state index < -0.39 is 17.4 Å². The standard InChI is InChI=1S/C24H30N4O7/c1-15(2)33-9-5-8-25-23(31)24(3)13-27-14-26-19(22(30)32-4)20(27)21(29)28(24)16-6-7-17-18(12-16)35-11-10-34-17/h6-7,12,14-15H,5,8-11,13H2,1-4H3,(H,25,31)/t24-/m1/s1. The zero-order valence-electron chi connectivity index (χ0n) is 20.3. The molecular weight excluding hydrogens is 456 g/mol. The first-order valence-electron chi connectivity index (χ1n) is 11.5. The first-order chi connectivity index (χ1) is 16.8. The number of methoxy groups -OCH3 is 1. The van der Waals surface area contributed by atoms with Crippen molar-refractivity contribution in [1.82, 2.24) is 14.9 Å². The highest BCUT2D eigenvalue weighted by atomic mass is 16.6. The number of anilines is 1. The third kappa shape index (κ3) is 4.68. The molecule has 11 heteroatoms. The molecule has 1 aromatic carbocycles. The maximum absolute atomic E-state index is 13.8. The van der Waals surface area contributed by atoms with Gasteiger partial charge in [0.25, 0.3) is 5.91 Å². The van der Waals surface area contributed by atoms with Gasteiger partial charge >= 0.3 is 5.97 Å². The van der Waals surface area contributed by atoms with E-state index >= 15 is 0 Å². The summed E-state index contributed by atoms with van der Waals surface area (Å²) in [6, 6.07) is 5.06. The summed E-state index contributed by atoms with van der Waals surface area (Å²) in [6.07, 6.45) is 2.11. The highest BCUT2D eigenvalue weighted by molar-refractivity contribution is 6.15. The van der Waals surface area contributed by atoms with Gasteiger partial charge in [-0.15, -0.1) is 0 Å². The second-order valence-electron chi connectivity index (χ2n) is 8.83. The quantitative estimate of drug-likeness (QED) is 0.443. The molecule has 2 amide bonds. The lowest BCUT2D eigenvalue weighted by atomic mass is 9.93. The average molecular weight is 487 g/mol. The molecule has 2 aromatic rings. The number of fused-ring (bicyclic) bond motifs is 2. The molecule has 0 radical (unpaired) electrons. The molecule has 0 fully saturated rings. The SMILES string of the molecule is COC(=O)c1ncn2c1C(=O)N(c1ccc3c(c1)OCCO3)[C@@](C)(C(=O)NCCCOC(C)C)C2. The molecule has 2 aliphatic heterocycles. The van der Waals surface area contributed by atoms with Crippen LogP contribution in [0.25, 0.3) is 0 Å². The lowest BCUT2D eigenvalue weighted by Crippen LogP contribution is -2.64. The summed E-state index contributed by atoms with van der Waals surface area (Å²) >= 11 is 0. The minimum absolute atomic E-state index is 0.0577. The molecule has 0 bridgehead atoms. The van der Waals surface area contributed by atoms with Gasteiger partial charge in [-0.3, -0.25) is 14.5 Å². The molecule has 0 aliphatic carbocycles. The summed E-state index contributed by atoms with van der Waals surface area (Å²) in [5.41, 5.74) is -0.931. The molecule has 4 rings (SSSR count). The van der Waals surface area contributed by atoms with Crippen LogP contribution in [0, 0.1) is 0 Å². The third-order valence-electron chi connectivity index (χ3n) is 5.92. The van der Waals surface area contributed by atoms with E-state index in [-0.39, 0.29) is 29.9 Å². The zero-order valence-corrected chi connectivity index (χ0v) is 20.3. The second kappa shape index (κ2) is 9.95. The van der Waals surface area contributed by atoms with Gasteiger partial charge in [-0.05, 0) is 39.3 Å². The van der Waals surface area contributed by atoms with Crippen molar-refractivity contribution in [2.75, 3.05) is 38.4 Å². The Hall–Kier alpha value is -3.60. The van der Waals surface area contributed by atoms with Crippen molar-refractivity contribution in [2.24, 2.45) is 0 Å². The molecule has 0 unspecified atom stereocenters. The zero-order chi connectivity index (χ0) is 25.2. The highest BCUT2D eigenvalue weighted by Crippen LogP contribution is 2.39. The molecular formula is C24H30N4O7. The van der Waals surface area contributed by atoms with Gasteiger partial charge in [-0.1, -0.05) is 0 Å². The lowest BCUT2D eigenvalue weighted by Gasteiger charge is -2.43. The molecule has 0 spiro atoms. The minimum Gasteiger partial charge on any atom is -0.486 e. The van der Waals surface area contributed by atoms with Crippen molar-refractivity contribution in [2.45, 2.75) is 45.4 Å². The maximum atomic E-state index is 13.8. The molecule has 188 valence electrons. The summed E-state index contributed by atoms with van der Waals surface area (Å²) < 4.78 is 23.2. The van der Waals surface area contributed by atoms with Crippen LogP contribution in [-0.4, -0.2) is 72.5 Å². The number of amides is 2. The number of hydrogen-bond acceptors (Lipinski definition) is 8. The number of ether oxygens (including phenoxy) is 4. The summed E-state index contributed by atoms with van der Waals surface area (Å²) in [4.78, 5) is 45.1. The maximum Gasteiger partial charge on any atom is 0.359 e. The predicted octanol–water partition coefficient (Wildman–Crippen LogP) is 1.79. The fourth-order valence-electron chi connectivity index (χ4n) is 4.24. The molecule has 3 heterocycles. The molecule has 1 atom stereocenters. The third-order valence-corrected chi connectivity index (χ3v) is 5.92. The van der Waals surface area contributed by atoms with Crippen LogP contribution >= 0.6 is 0 Å². The predicted molar refractivity (Wildman–Crippen MR) is 125 cm³/mol. The smallest absolute Gasteiger partial charge is 0.359 e. The molecule has 2 aliphatic rings. The van der Waals surface area contributed by atoms with Crippen molar-refractivity contribution < 1.29 is 33.3 Å². The fourth-order valence-corrected chi connectivity index (χ4v) is 4.24. The van der Waals surface area contributed by atoms with Gasteiger partial charge in [-0.2, -0.15) is 0 Å². The molecule has 1 N–H and O–H groups in total. The Kier molecular flexibility index (Phi) is 6.97. The van der Waals surface area contributed by atoms with Gasteiger partial charge in [0, 0.05) is 24.9 Å². The number of esters is 1. The Labute approximate surface area is 203 Å². The van der Waals surface area contributed by atoms with Gasteiger partial charge in [-0.25, -0.2) is 9.78 Å². The largest absolute Gasteiger partial charge is 0.486 e. The highest BCUT2D eigenvalue weighted by Gasteiger charge is 2.50. The summed E-state index contributed by atoms with van der Waals surface area (Å²) in [5.74, 6) is -0.591. The van der Waals surface area contributed by atoms with E-state index in [1.54, 1.807) is 25.1 Å². The van der Waals surface area contributed by atoms with Crippen LogP contribution in [0.4, 0.5) is 5.69 Å². The first kappa shape index (κ1) is 24.5. The van der Waals surface area contributed by atoms with Crippen molar-refractivity contribution in [3.8, 4) is 11.5 Å². The van der Waals surface area contributed by atoms with E-state index in [1.807, 2.05) is 13.8 Å². The van der Waals surface area contributed by atoms with Gasteiger partial charge in [0.2, 0.25) is 5.91 Å². The van der Waals surface area contributed by atoms with Gasteiger partial charge < -0.3 is 28.8 Å². The number of imidazole rings is 1. The van der Waals surface area contributed by atoms with E-state index in [0.29, 0.717) is 50.0 Å². The number of nitrogens with zero attached hydrogens (tertiary/aromatic N) is 3. The number of aromatic nitrogens is 2. The molecule has 0 saturated carbocycles. The van der Waals surface area contributed by atoms with Crippen molar-refractivity contribution >= 4 is 23.5 Å². The average Bonchev–Trinajstić information content (AvgIpc) is 3.26. The Bertz CT molecular complexity index is 1130. The normalized spacial score (nSPS) is 18.9. The monoisotopic (exact) mass is 486 g/mol. The lowest BCUT2D eigenvalue weighted by molar-refractivity contribution is -0.126. The van der Waals surface area contributed by atoms with Crippen molar-refractivity contribution in [3.05, 3.63) is 35.9 Å². The van der Waals surface area contributed by atoms with E-state index in [4.69, 9.17) is 18.9 Å². The summed E-state index contributed by atoms with van der Waals surface area (Å²) in [6.45, 7) is 7.36. The minimum atomic E-state index is -1.32. The number of hydrogen-bond donors (Lipinski definition) is 1. The van der Waals surface area contributed by atoms with Crippen LogP contribution in [-0.2, 0) is 20.8 Å². The second-order valence-corrected chi connectivity index (χ2v) is 8.83. The number of carbonyl (C=O) groups is 3. The number of benzene rings is 1. The van der Waals surface area contributed by atoms with Crippen LogP contribution in [0.2, 0.25) is 0 Å². The van der Waals surface area contributed by atoms with Gasteiger partial charge in [0.15, 0.2) is 17.2 Å². The van der Waals surface area contributed by atoms with E-state index in [9.17, 15) is 14.4 Å². The Morgan fingerprint density at radius 2 is 1.97 bits per heavy atom. The Morgan fingerprint density at radius 1 is 1.23 bits per heavy atom. The van der Waals surface area contributed by atoms with Gasteiger partial charge in [0.05, 0.1) is 26.1 Å². The van der Waals surface area contributed by atoms with Gasteiger partial charge in [0.1, 0.15) is 24.4 Å². The Morgan fingerprint density at radius 3 is 2.69 bits per heavy atom. The molecule has 35 heavy (non-hydrogen) atoms. The Balaban J connectivity index is 1.69. The van der Waals surface area contributed by atoms with E-state index in [2.05, 4.69) is 10.3 Å². The number of carbonyl (C=O) groups excluding carboxylic acids is 3. The van der Waals surface area contributed by atoms with Crippen LogP contribution in [0.1, 0.15) is 48.2 Å². The number of nitrogens with one attached hydrogen (secondary N) is 1. The van der Waals surface area contributed by atoms with Crippen LogP contribution in [0.15, 0.2) is 24.5 Å². The molecule has 0 saturated heterocycles. The summed E-state index contributed by atoms with van der Waals surface area (Å²) in [7, 11) is 1.22. The van der Waals surface area contributed by atoms with Crippen LogP contribution < -0.4 is 19.7 Å². The van der Waals surface area contributed by atoms with Crippen molar-refractivity contribution in [3.63, 3.8) is 0 Å². The number of rotatable bonds is 8. The molecule has 1 aromatic heterocycles.